The van der Waals surface area contributed by atoms with Gasteiger partial charge in [-0.3, -0.25) is 0 Å². The second kappa shape index (κ2) is 10.1. The Balaban J connectivity index is 1.53. The summed E-state index contributed by atoms with van der Waals surface area (Å²) in [5, 5.41) is 12.2. The molecule has 0 radical (unpaired) electrons. The van der Waals surface area contributed by atoms with Crippen LogP contribution in [0.2, 0.25) is 0 Å². The maximum absolute atomic E-state index is 13.3. The van der Waals surface area contributed by atoms with Crippen molar-refractivity contribution in [1.82, 2.24) is 14.3 Å². The number of aliphatic hydroxyl groups excluding tert-OH is 1. The highest BCUT2D eigenvalue weighted by molar-refractivity contribution is 7.91. The Morgan fingerprint density at radius 2 is 1.97 bits per heavy atom. The highest BCUT2D eigenvalue weighted by Crippen LogP contribution is 2.34. The molecule has 1 atom stereocenters. The van der Waals surface area contributed by atoms with Crippen LogP contribution in [0.25, 0.3) is 10.6 Å². The van der Waals surface area contributed by atoms with Crippen LogP contribution in [0.15, 0.2) is 52.9 Å². The van der Waals surface area contributed by atoms with E-state index in [0.717, 1.165) is 41.8 Å². The molecule has 1 unspecified atom stereocenters. The summed E-state index contributed by atoms with van der Waals surface area (Å²) in [4.78, 5) is 9.65. The van der Waals surface area contributed by atoms with E-state index in [1.165, 1.54) is 11.3 Å². The van der Waals surface area contributed by atoms with Gasteiger partial charge in [0.1, 0.15) is 4.21 Å². The monoisotopic (exact) mass is 472 g/mol. The summed E-state index contributed by atoms with van der Waals surface area (Å²) in [6, 6.07) is 13.1. The summed E-state index contributed by atoms with van der Waals surface area (Å²) >= 11 is 1.25. The Labute approximate surface area is 193 Å². The molecule has 1 aliphatic heterocycles. The second-order valence-electron chi connectivity index (χ2n) is 7.85. The predicted molar refractivity (Wildman–Crippen MR) is 128 cm³/mol. The average molecular weight is 473 g/mol. The summed E-state index contributed by atoms with van der Waals surface area (Å²) in [7, 11) is -3.50. The number of aromatic nitrogens is 2. The Morgan fingerprint density at radius 3 is 2.72 bits per heavy atom. The van der Waals surface area contributed by atoms with Gasteiger partial charge in [0.2, 0.25) is 5.95 Å². The van der Waals surface area contributed by atoms with Crippen molar-refractivity contribution in [1.29, 1.82) is 0 Å². The largest absolute Gasteiger partial charge is 0.396 e. The summed E-state index contributed by atoms with van der Waals surface area (Å²) in [5.41, 5.74) is 2.57. The molecule has 32 heavy (non-hydrogen) atoms. The van der Waals surface area contributed by atoms with E-state index >= 15 is 0 Å². The fourth-order valence-corrected chi connectivity index (χ4v) is 7.15. The quantitative estimate of drug-likeness (QED) is 0.503. The fraction of sp³-hybridized carbons (Fsp3) is 0.391. The molecule has 4 rings (SSSR count). The molecule has 170 valence electrons. The van der Waals surface area contributed by atoms with Crippen LogP contribution in [0.3, 0.4) is 0 Å². The lowest BCUT2D eigenvalue weighted by molar-refractivity contribution is 0.247. The van der Waals surface area contributed by atoms with E-state index < -0.39 is 10.0 Å². The van der Waals surface area contributed by atoms with Crippen LogP contribution in [0.5, 0.6) is 0 Å². The van der Waals surface area contributed by atoms with E-state index in [9.17, 15) is 8.42 Å². The Bertz CT molecular complexity index is 1150. The SMILES string of the molecule is CCC1CCCCN1S(=O)(=O)c1ccc(-c2ccnc(Nc3ccc(CCO)cc3)n2)s1. The number of hydrogen-bond acceptors (Lipinski definition) is 7. The molecule has 0 bridgehead atoms. The number of nitrogens with zero attached hydrogens (tertiary/aromatic N) is 3. The number of anilines is 2. The number of hydrogen-bond donors (Lipinski definition) is 2. The number of nitrogens with one attached hydrogen (secondary N) is 1. The predicted octanol–water partition coefficient (Wildman–Crippen LogP) is 4.44. The van der Waals surface area contributed by atoms with Crippen LogP contribution < -0.4 is 5.32 Å². The van der Waals surface area contributed by atoms with Crippen LogP contribution in [-0.2, 0) is 16.4 Å². The molecule has 0 amide bonds. The lowest BCUT2D eigenvalue weighted by Crippen LogP contribution is -2.42. The van der Waals surface area contributed by atoms with Crippen LogP contribution in [0.4, 0.5) is 11.6 Å². The Kier molecular flexibility index (Phi) is 7.20. The van der Waals surface area contributed by atoms with E-state index in [0.29, 0.717) is 28.8 Å². The molecule has 1 aromatic carbocycles. The first-order valence-electron chi connectivity index (χ1n) is 10.9. The zero-order chi connectivity index (χ0) is 22.6. The van der Waals surface area contributed by atoms with Crippen molar-refractivity contribution in [2.75, 3.05) is 18.5 Å². The number of piperidine rings is 1. The van der Waals surface area contributed by atoms with E-state index in [2.05, 4.69) is 15.3 Å². The minimum Gasteiger partial charge on any atom is -0.396 e. The third-order valence-corrected chi connectivity index (χ3v) is 9.23. The van der Waals surface area contributed by atoms with Crippen molar-refractivity contribution in [2.45, 2.75) is 49.3 Å². The van der Waals surface area contributed by atoms with Gasteiger partial charge in [0.05, 0.1) is 10.6 Å². The highest BCUT2D eigenvalue weighted by Gasteiger charge is 2.33. The average Bonchev–Trinajstić information content (AvgIpc) is 3.32. The third-order valence-electron chi connectivity index (χ3n) is 5.71. The zero-order valence-corrected chi connectivity index (χ0v) is 19.7. The lowest BCUT2D eigenvalue weighted by Gasteiger charge is -2.33. The van der Waals surface area contributed by atoms with E-state index in [-0.39, 0.29) is 12.6 Å². The van der Waals surface area contributed by atoms with Gasteiger partial charge in [-0.2, -0.15) is 4.31 Å². The number of thiophene rings is 1. The minimum atomic E-state index is -3.50. The zero-order valence-electron chi connectivity index (χ0n) is 18.1. The van der Waals surface area contributed by atoms with Gasteiger partial charge < -0.3 is 10.4 Å². The van der Waals surface area contributed by atoms with E-state index in [1.54, 1.807) is 22.6 Å². The molecule has 9 heteroatoms. The molecule has 3 aromatic rings. The Morgan fingerprint density at radius 1 is 1.16 bits per heavy atom. The maximum Gasteiger partial charge on any atom is 0.252 e. The number of rotatable bonds is 8. The summed E-state index contributed by atoms with van der Waals surface area (Å²) < 4.78 is 28.6. The minimum absolute atomic E-state index is 0.0814. The standard InChI is InChI=1S/C23H28N4O3S2/c1-2-19-5-3-4-15-27(19)32(29,30)22-11-10-21(31-22)20-12-14-24-23(26-20)25-18-8-6-17(7-9-18)13-16-28/h6-12,14,19,28H,2-5,13,15-16H2,1H3,(H,24,25,26). The molecule has 1 fully saturated rings. The molecule has 2 aromatic heterocycles. The maximum atomic E-state index is 13.3. The van der Waals surface area contributed by atoms with Gasteiger partial charge in [0.15, 0.2) is 0 Å². The van der Waals surface area contributed by atoms with Crippen LogP contribution >= 0.6 is 11.3 Å². The van der Waals surface area contributed by atoms with Gasteiger partial charge in [0, 0.05) is 31.1 Å². The molecule has 2 N–H and O–H groups in total. The smallest absolute Gasteiger partial charge is 0.252 e. The van der Waals surface area contributed by atoms with Gasteiger partial charge in [-0.15, -0.1) is 11.3 Å². The highest BCUT2D eigenvalue weighted by atomic mass is 32.2. The van der Waals surface area contributed by atoms with Crippen LogP contribution in [-0.4, -0.2) is 47.0 Å². The fourth-order valence-electron chi connectivity index (χ4n) is 3.98. The van der Waals surface area contributed by atoms with Gasteiger partial charge in [0.25, 0.3) is 10.0 Å². The van der Waals surface area contributed by atoms with Crippen molar-refractivity contribution in [3.8, 4) is 10.6 Å². The van der Waals surface area contributed by atoms with E-state index in [1.807, 2.05) is 37.3 Å². The van der Waals surface area contributed by atoms with Crippen molar-refractivity contribution >= 4 is 33.0 Å². The number of aliphatic hydroxyl groups is 1. The molecule has 3 heterocycles. The van der Waals surface area contributed by atoms with Crippen molar-refractivity contribution in [2.24, 2.45) is 0 Å². The lowest BCUT2D eigenvalue weighted by atomic mass is 10.0. The van der Waals surface area contributed by atoms with Crippen LogP contribution in [0, 0.1) is 0 Å². The van der Waals surface area contributed by atoms with Crippen molar-refractivity contribution in [3.05, 3.63) is 54.2 Å². The number of sulfonamides is 1. The molecular formula is C23H28N4O3S2. The molecule has 0 aliphatic carbocycles. The molecule has 1 aliphatic rings. The first kappa shape index (κ1) is 22.8. The molecule has 1 saturated heterocycles. The van der Waals surface area contributed by atoms with Crippen LogP contribution in [0.1, 0.15) is 38.2 Å². The summed E-state index contributed by atoms with van der Waals surface area (Å²) in [6.07, 6.45) is 6.04. The van der Waals surface area contributed by atoms with Crippen molar-refractivity contribution < 1.29 is 13.5 Å². The van der Waals surface area contributed by atoms with Gasteiger partial charge in [-0.05, 0) is 61.6 Å². The third kappa shape index (κ3) is 5.01. The first-order chi connectivity index (χ1) is 15.5. The van der Waals surface area contributed by atoms with Crippen molar-refractivity contribution in [3.63, 3.8) is 0 Å². The topological polar surface area (TPSA) is 95.4 Å². The summed E-state index contributed by atoms with van der Waals surface area (Å²) in [6.45, 7) is 2.76. The molecule has 7 nitrogen and oxygen atoms in total. The number of benzene rings is 1. The second-order valence-corrected chi connectivity index (χ2v) is 11.1. The molecular weight excluding hydrogens is 444 g/mol. The van der Waals surface area contributed by atoms with Gasteiger partial charge >= 0.3 is 0 Å². The van der Waals surface area contributed by atoms with E-state index in [4.69, 9.17) is 5.11 Å². The molecule has 0 spiro atoms. The first-order valence-corrected chi connectivity index (χ1v) is 13.2. The van der Waals surface area contributed by atoms with Gasteiger partial charge in [-0.25, -0.2) is 18.4 Å². The Hall–Kier alpha value is -2.33. The normalized spacial score (nSPS) is 17.4. The van der Waals surface area contributed by atoms with Gasteiger partial charge in [-0.1, -0.05) is 25.5 Å². The molecule has 0 saturated carbocycles. The summed E-state index contributed by atoms with van der Waals surface area (Å²) in [5.74, 6) is 0.442.